The Balaban J connectivity index is 1.91. The number of carbonyl (C=O) groups is 1. The summed E-state index contributed by atoms with van der Waals surface area (Å²) in [5.41, 5.74) is 4.68. The van der Waals surface area contributed by atoms with Crippen LogP contribution in [0.15, 0.2) is 48.7 Å². The Morgan fingerprint density at radius 1 is 1.14 bits per heavy atom. The van der Waals surface area contributed by atoms with Gasteiger partial charge in [0.15, 0.2) is 0 Å². The van der Waals surface area contributed by atoms with Gasteiger partial charge in [0.2, 0.25) is 5.91 Å². The quantitative estimate of drug-likeness (QED) is 0.501. The van der Waals surface area contributed by atoms with Crippen LogP contribution in [0, 0.1) is 0 Å². The summed E-state index contributed by atoms with van der Waals surface area (Å²) in [6, 6.07) is 14.4. The highest BCUT2D eigenvalue weighted by molar-refractivity contribution is 5.88. The van der Waals surface area contributed by atoms with Crippen LogP contribution in [0.1, 0.15) is 42.4 Å². The molecule has 0 radical (unpaired) electrons. The van der Waals surface area contributed by atoms with Gasteiger partial charge < -0.3 is 19.8 Å². The average molecular weight is 395 g/mol. The van der Waals surface area contributed by atoms with Crippen molar-refractivity contribution < 1.29 is 14.3 Å². The fraction of sp³-hybridized carbons (Fsp3) is 0.375. The van der Waals surface area contributed by atoms with Crippen molar-refractivity contribution in [2.75, 3.05) is 27.4 Å². The van der Waals surface area contributed by atoms with Crippen LogP contribution in [0.3, 0.4) is 0 Å². The van der Waals surface area contributed by atoms with Gasteiger partial charge in [0, 0.05) is 49.7 Å². The van der Waals surface area contributed by atoms with Crippen LogP contribution in [0.25, 0.3) is 10.9 Å². The second-order valence-electron chi connectivity index (χ2n) is 7.16. The van der Waals surface area contributed by atoms with E-state index in [2.05, 4.69) is 41.6 Å². The number of methoxy groups -OCH3 is 2. The average Bonchev–Trinajstić information content (AvgIpc) is 3.19. The molecule has 1 atom stereocenters. The molecule has 0 bridgehead atoms. The number of aromatic amines is 1. The Hall–Kier alpha value is -2.79. The first-order valence-corrected chi connectivity index (χ1v) is 10.2. The summed E-state index contributed by atoms with van der Waals surface area (Å²) in [4.78, 5) is 16.1. The van der Waals surface area contributed by atoms with E-state index in [9.17, 15) is 4.79 Å². The zero-order valence-corrected chi connectivity index (χ0v) is 17.5. The van der Waals surface area contributed by atoms with Crippen molar-refractivity contribution in [2.45, 2.75) is 32.1 Å². The van der Waals surface area contributed by atoms with E-state index < -0.39 is 0 Å². The molecule has 5 nitrogen and oxygen atoms in total. The highest BCUT2D eigenvalue weighted by Gasteiger charge is 2.22. The third-order valence-corrected chi connectivity index (χ3v) is 5.35. The lowest BCUT2D eigenvalue weighted by Gasteiger charge is -2.18. The van der Waals surface area contributed by atoms with Crippen LogP contribution in [0.4, 0.5) is 0 Å². The molecule has 154 valence electrons. The molecule has 0 unspecified atom stereocenters. The zero-order chi connectivity index (χ0) is 20.6. The molecule has 3 aromatic rings. The standard InChI is InChI=1S/C24H30N2O3/c1-4-17-7-5-8-20-22(16-26-24(17)20)21(15-23(27)25-13-6-14-28-2)18-9-11-19(29-3)12-10-18/h5,7-12,16,21,26H,4,6,13-15H2,1-3H3,(H,25,27)/t21-/m1/s1. The molecule has 0 aliphatic heterocycles. The van der Waals surface area contributed by atoms with Crippen molar-refractivity contribution in [2.24, 2.45) is 0 Å². The molecule has 0 spiro atoms. The van der Waals surface area contributed by atoms with E-state index in [0.717, 1.165) is 35.2 Å². The lowest BCUT2D eigenvalue weighted by atomic mass is 9.87. The molecule has 0 aliphatic rings. The minimum atomic E-state index is -0.0378. The van der Waals surface area contributed by atoms with Crippen LogP contribution >= 0.6 is 0 Å². The number of hydrogen-bond donors (Lipinski definition) is 2. The molecule has 3 rings (SSSR count). The number of fused-ring (bicyclic) bond motifs is 1. The summed E-state index contributed by atoms with van der Waals surface area (Å²) >= 11 is 0. The van der Waals surface area contributed by atoms with Gasteiger partial charge >= 0.3 is 0 Å². The smallest absolute Gasteiger partial charge is 0.220 e. The Morgan fingerprint density at radius 2 is 1.93 bits per heavy atom. The highest BCUT2D eigenvalue weighted by atomic mass is 16.5. The second-order valence-corrected chi connectivity index (χ2v) is 7.16. The second kappa shape index (κ2) is 10.1. The maximum atomic E-state index is 12.7. The molecular weight excluding hydrogens is 364 g/mol. The van der Waals surface area contributed by atoms with Gasteiger partial charge in [0.1, 0.15) is 5.75 Å². The van der Waals surface area contributed by atoms with Crippen molar-refractivity contribution in [1.82, 2.24) is 10.3 Å². The molecule has 0 fully saturated rings. The molecule has 0 saturated carbocycles. The van der Waals surface area contributed by atoms with Crippen molar-refractivity contribution in [3.8, 4) is 5.75 Å². The predicted octanol–water partition coefficient (Wildman–Crippen LogP) is 4.41. The summed E-state index contributed by atoms with van der Waals surface area (Å²) in [6.07, 6.45) is 4.21. The highest BCUT2D eigenvalue weighted by Crippen LogP contribution is 2.35. The SMILES string of the molecule is CCc1cccc2c([C@H](CC(=O)NCCCOC)c3ccc(OC)cc3)c[nH]c12. The summed E-state index contributed by atoms with van der Waals surface area (Å²) in [5, 5.41) is 4.20. The first-order valence-electron chi connectivity index (χ1n) is 10.2. The molecule has 0 aliphatic carbocycles. The number of aromatic nitrogens is 1. The molecule has 0 saturated heterocycles. The van der Waals surface area contributed by atoms with E-state index >= 15 is 0 Å². The van der Waals surface area contributed by atoms with Crippen molar-refractivity contribution in [3.05, 3.63) is 65.4 Å². The predicted molar refractivity (Wildman–Crippen MR) is 117 cm³/mol. The van der Waals surface area contributed by atoms with Gasteiger partial charge in [-0.3, -0.25) is 4.79 Å². The van der Waals surface area contributed by atoms with E-state index in [-0.39, 0.29) is 11.8 Å². The molecule has 5 heteroatoms. The summed E-state index contributed by atoms with van der Waals surface area (Å²) < 4.78 is 10.4. The van der Waals surface area contributed by atoms with Crippen molar-refractivity contribution in [3.63, 3.8) is 0 Å². The maximum Gasteiger partial charge on any atom is 0.220 e. The zero-order valence-electron chi connectivity index (χ0n) is 17.5. The van der Waals surface area contributed by atoms with E-state index in [1.165, 1.54) is 10.9 Å². The summed E-state index contributed by atoms with van der Waals surface area (Å²) in [6.45, 7) is 3.42. The minimum absolute atomic E-state index is 0.0378. The van der Waals surface area contributed by atoms with Gasteiger partial charge in [0.05, 0.1) is 7.11 Å². The van der Waals surface area contributed by atoms with Gasteiger partial charge in [-0.15, -0.1) is 0 Å². The number of carbonyl (C=O) groups excluding carboxylic acids is 1. The number of benzene rings is 2. The summed E-state index contributed by atoms with van der Waals surface area (Å²) in [7, 11) is 3.33. The Kier molecular flexibility index (Phi) is 7.30. The van der Waals surface area contributed by atoms with Gasteiger partial charge in [-0.2, -0.15) is 0 Å². The van der Waals surface area contributed by atoms with Crippen LogP contribution in [-0.2, 0) is 16.0 Å². The van der Waals surface area contributed by atoms with Crippen LogP contribution in [0.2, 0.25) is 0 Å². The van der Waals surface area contributed by atoms with E-state index in [0.29, 0.717) is 19.6 Å². The van der Waals surface area contributed by atoms with Gasteiger partial charge in [-0.05, 0) is 41.7 Å². The fourth-order valence-corrected chi connectivity index (χ4v) is 3.77. The number of rotatable bonds is 10. The fourth-order valence-electron chi connectivity index (χ4n) is 3.77. The molecule has 1 amide bonds. The van der Waals surface area contributed by atoms with E-state index in [4.69, 9.17) is 9.47 Å². The first kappa shape index (κ1) is 20.9. The number of hydrogen-bond acceptors (Lipinski definition) is 3. The topological polar surface area (TPSA) is 63.4 Å². The number of para-hydroxylation sites is 1. The van der Waals surface area contributed by atoms with Gasteiger partial charge in [0.25, 0.3) is 0 Å². The molecule has 1 aromatic heterocycles. The lowest BCUT2D eigenvalue weighted by molar-refractivity contribution is -0.121. The normalized spacial score (nSPS) is 12.1. The van der Waals surface area contributed by atoms with E-state index in [1.54, 1.807) is 14.2 Å². The van der Waals surface area contributed by atoms with Crippen LogP contribution in [-0.4, -0.2) is 38.3 Å². The van der Waals surface area contributed by atoms with Crippen LogP contribution in [0.5, 0.6) is 5.75 Å². The lowest BCUT2D eigenvalue weighted by Crippen LogP contribution is -2.27. The number of H-pyrrole nitrogens is 1. The summed E-state index contributed by atoms with van der Waals surface area (Å²) in [5.74, 6) is 0.816. The van der Waals surface area contributed by atoms with Gasteiger partial charge in [-0.1, -0.05) is 37.3 Å². The third-order valence-electron chi connectivity index (χ3n) is 5.35. The Labute approximate surface area is 172 Å². The molecular formula is C24H30N2O3. The van der Waals surface area contributed by atoms with Crippen LogP contribution < -0.4 is 10.1 Å². The number of aryl methyl sites for hydroxylation is 1. The number of amides is 1. The molecule has 29 heavy (non-hydrogen) atoms. The maximum absolute atomic E-state index is 12.7. The van der Waals surface area contributed by atoms with E-state index in [1.807, 2.05) is 24.3 Å². The third kappa shape index (κ3) is 4.98. The number of nitrogens with one attached hydrogen (secondary N) is 2. The largest absolute Gasteiger partial charge is 0.497 e. The van der Waals surface area contributed by atoms with Crippen molar-refractivity contribution >= 4 is 16.8 Å². The molecule has 2 aromatic carbocycles. The van der Waals surface area contributed by atoms with Gasteiger partial charge in [-0.25, -0.2) is 0 Å². The minimum Gasteiger partial charge on any atom is -0.497 e. The molecule has 1 heterocycles. The molecule has 2 N–H and O–H groups in total. The Morgan fingerprint density at radius 3 is 2.62 bits per heavy atom. The van der Waals surface area contributed by atoms with Crippen molar-refractivity contribution in [1.29, 1.82) is 0 Å². The number of ether oxygens (including phenoxy) is 2. The first-order chi connectivity index (χ1) is 14.2. The monoisotopic (exact) mass is 394 g/mol. The Bertz CT molecular complexity index is 931.